The number of carbonyl (C=O) groups excluding carboxylic acids is 1. The molecule has 0 bridgehead atoms. The number of aryl methyl sites for hydroxylation is 1. The highest BCUT2D eigenvalue weighted by Gasteiger charge is 2.17. The molecule has 0 saturated carbocycles. The second-order valence-electron chi connectivity index (χ2n) is 7.31. The standard InChI is InChI=1S/C22H37NO4S/c1-3-5-7-9-11-13-15-18-17-19(21(24)25)20(28-18)23-22(26)27-16-14-12-10-8-6-4-2/h17H,3-16H2,1-2H3,(H,23,26)(H,24,25). The molecule has 0 aromatic carbocycles. The van der Waals surface area contributed by atoms with Gasteiger partial charge in [0.1, 0.15) is 5.00 Å². The first-order chi connectivity index (χ1) is 13.6. The molecule has 1 heterocycles. The van der Waals surface area contributed by atoms with E-state index in [9.17, 15) is 14.7 Å². The fraction of sp³-hybridized carbons (Fsp3) is 0.727. The van der Waals surface area contributed by atoms with E-state index in [2.05, 4.69) is 19.2 Å². The summed E-state index contributed by atoms with van der Waals surface area (Å²) in [6, 6.07) is 1.68. The van der Waals surface area contributed by atoms with Crippen molar-refractivity contribution in [2.75, 3.05) is 11.9 Å². The van der Waals surface area contributed by atoms with Gasteiger partial charge in [0.25, 0.3) is 0 Å². The molecule has 0 aliphatic heterocycles. The average Bonchev–Trinajstić information content (AvgIpc) is 3.06. The van der Waals surface area contributed by atoms with Crippen molar-refractivity contribution in [2.24, 2.45) is 0 Å². The number of carboxylic acid groups (broad SMARTS) is 1. The second-order valence-corrected chi connectivity index (χ2v) is 8.44. The summed E-state index contributed by atoms with van der Waals surface area (Å²) < 4.78 is 5.20. The fourth-order valence-corrected chi connectivity index (χ4v) is 4.15. The summed E-state index contributed by atoms with van der Waals surface area (Å²) in [6.07, 6.45) is 14.2. The Morgan fingerprint density at radius 2 is 1.50 bits per heavy atom. The van der Waals surface area contributed by atoms with Crippen LogP contribution in [0.5, 0.6) is 0 Å². The lowest BCUT2D eigenvalue weighted by atomic mass is 10.1. The minimum absolute atomic E-state index is 0.155. The van der Waals surface area contributed by atoms with Gasteiger partial charge in [-0.25, -0.2) is 9.59 Å². The van der Waals surface area contributed by atoms with Gasteiger partial charge in [-0.15, -0.1) is 11.3 Å². The first-order valence-electron chi connectivity index (χ1n) is 10.9. The molecular weight excluding hydrogens is 374 g/mol. The zero-order chi connectivity index (χ0) is 20.6. The molecule has 1 amide bonds. The van der Waals surface area contributed by atoms with Crippen LogP contribution in [0.15, 0.2) is 6.07 Å². The summed E-state index contributed by atoms with van der Waals surface area (Å²) in [7, 11) is 0. The second kappa shape index (κ2) is 15.4. The van der Waals surface area contributed by atoms with Crippen molar-refractivity contribution in [2.45, 2.75) is 97.3 Å². The van der Waals surface area contributed by atoms with Crippen molar-refractivity contribution >= 4 is 28.4 Å². The number of carbonyl (C=O) groups is 2. The lowest BCUT2D eigenvalue weighted by Gasteiger charge is -2.06. The van der Waals surface area contributed by atoms with Gasteiger partial charge in [0.05, 0.1) is 12.2 Å². The van der Waals surface area contributed by atoms with Gasteiger partial charge in [-0.1, -0.05) is 78.1 Å². The van der Waals surface area contributed by atoms with E-state index in [0.717, 1.165) is 43.4 Å². The highest BCUT2D eigenvalue weighted by atomic mass is 32.1. The molecule has 0 aliphatic rings. The Morgan fingerprint density at radius 1 is 0.929 bits per heavy atom. The maximum absolute atomic E-state index is 12.0. The van der Waals surface area contributed by atoms with Gasteiger partial charge in [-0.05, 0) is 25.3 Å². The van der Waals surface area contributed by atoms with Gasteiger partial charge in [0, 0.05) is 4.88 Å². The van der Waals surface area contributed by atoms with Crippen LogP contribution in [-0.4, -0.2) is 23.8 Å². The van der Waals surface area contributed by atoms with Gasteiger partial charge in [-0.2, -0.15) is 0 Å². The Balaban J connectivity index is 2.36. The molecule has 6 heteroatoms. The largest absolute Gasteiger partial charge is 0.478 e. The van der Waals surface area contributed by atoms with Crippen molar-refractivity contribution in [1.29, 1.82) is 0 Å². The molecule has 0 fully saturated rings. The van der Waals surface area contributed by atoms with Crippen molar-refractivity contribution < 1.29 is 19.4 Å². The summed E-state index contributed by atoms with van der Waals surface area (Å²) in [4.78, 5) is 24.4. The van der Waals surface area contributed by atoms with Crippen LogP contribution in [0.1, 0.15) is 106 Å². The van der Waals surface area contributed by atoms with E-state index < -0.39 is 12.1 Å². The van der Waals surface area contributed by atoms with Crippen LogP contribution in [0.2, 0.25) is 0 Å². The van der Waals surface area contributed by atoms with E-state index in [-0.39, 0.29) is 5.56 Å². The highest BCUT2D eigenvalue weighted by Crippen LogP contribution is 2.30. The molecule has 0 unspecified atom stereocenters. The minimum atomic E-state index is -1.02. The van der Waals surface area contributed by atoms with Crippen LogP contribution < -0.4 is 5.32 Å². The third-order valence-corrected chi connectivity index (χ3v) is 5.85. The van der Waals surface area contributed by atoms with E-state index in [0.29, 0.717) is 11.6 Å². The normalized spacial score (nSPS) is 10.8. The van der Waals surface area contributed by atoms with Gasteiger partial charge >= 0.3 is 12.1 Å². The number of ether oxygens (including phenoxy) is 1. The number of unbranched alkanes of at least 4 members (excludes halogenated alkanes) is 10. The molecule has 5 nitrogen and oxygen atoms in total. The average molecular weight is 412 g/mol. The summed E-state index contributed by atoms with van der Waals surface area (Å²) >= 11 is 1.34. The predicted molar refractivity (Wildman–Crippen MR) is 117 cm³/mol. The van der Waals surface area contributed by atoms with E-state index >= 15 is 0 Å². The van der Waals surface area contributed by atoms with Crippen molar-refractivity contribution in [3.05, 3.63) is 16.5 Å². The van der Waals surface area contributed by atoms with Crippen LogP contribution in [0, 0.1) is 0 Å². The fourth-order valence-electron chi connectivity index (χ4n) is 3.07. The summed E-state index contributed by atoms with van der Waals surface area (Å²) in [5, 5.41) is 12.4. The Labute approximate surface area is 173 Å². The molecule has 1 aromatic heterocycles. The lowest BCUT2D eigenvalue weighted by Crippen LogP contribution is -2.15. The quantitative estimate of drug-likeness (QED) is 0.281. The van der Waals surface area contributed by atoms with Crippen LogP contribution in [0.4, 0.5) is 9.80 Å². The Bertz CT molecular complexity index is 571. The zero-order valence-corrected chi connectivity index (χ0v) is 18.4. The van der Waals surface area contributed by atoms with Gasteiger partial charge in [-0.3, -0.25) is 5.32 Å². The van der Waals surface area contributed by atoms with E-state index in [1.54, 1.807) is 6.07 Å². The molecule has 1 aromatic rings. The molecule has 0 saturated heterocycles. The summed E-state index contributed by atoms with van der Waals surface area (Å²) in [5.41, 5.74) is 0.155. The number of aromatic carboxylic acids is 1. The smallest absolute Gasteiger partial charge is 0.412 e. The first-order valence-corrected chi connectivity index (χ1v) is 11.7. The van der Waals surface area contributed by atoms with Gasteiger partial charge in [0.15, 0.2) is 0 Å². The molecule has 0 radical (unpaired) electrons. The molecule has 0 atom stereocenters. The van der Waals surface area contributed by atoms with E-state index in [1.807, 2.05) is 0 Å². The number of hydrogen-bond donors (Lipinski definition) is 2. The Hall–Kier alpha value is -1.56. The number of rotatable bonds is 16. The Kier molecular flexibility index (Phi) is 13.4. The number of anilines is 1. The summed E-state index contributed by atoms with van der Waals surface area (Å²) in [6.45, 7) is 4.75. The van der Waals surface area contributed by atoms with Crippen LogP contribution in [-0.2, 0) is 11.2 Å². The van der Waals surface area contributed by atoms with Crippen molar-refractivity contribution in [1.82, 2.24) is 0 Å². The summed E-state index contributed by atoms with van der Waals surface area (Å²) in [5.74, 6) is -1.02. The molecule has 160 valence electrons. The minimum Gasteiger partial charge on any atom is -0.478 e. The predicted octanol–water partition coefficient (Wildman–Crippen LogP) is 7.26. The molecule has 28 heavy (non-hydrogen) atoms. The zero-order valence-electron chi connectivity index (χ0n) is 17.6. The Morgan fingerprint density at radius 3 is 2.11 bits per heavy atom. The third-order valence-electron chi connectivity index (χ3n) is 4.74. The molecule has 0 aliphatic carbocycles. The monoisotopic (exact) mass is 411 g/mol. The molecular formula is C22H37NO4S. The van der Waals surface area contributed by atoms with E-state index in [4.69, 9.17) is 4.74 Å². The number of thiophene rings is 1. The maximum Gasteiger partial charge on any atom is 0.412 e. The molecule has 1 rings (SSSR count). The first kappa shape index (κ1) is 24.5. The van der Waals surface area contributed by atoms with Crippen LogP contribution in [0.25, 0.3) is 0 Å². The lowest BCUT2D eigenvalue weighted by molar-refractivity contribution is 0.0698. The highest BCUT2D eigenvalue weighted by molar-refractivity contribution is 7.16. The maximum atomic E-state index is 12.0. The topological polar surface area (TPSA) is 75.6 Å². The van der Waals surface area contributed by atoms with Crippen LogP contribution >= 0.6 is 11.3 Å². The SMILES string of the molecule is CCCCCCCCOC(=O)Nc1sc(CCCCCCCC)cc1C(=O)O. The van der Waals surface area contributed by atoms with Gasteiger partial charge < -0.3 is 9.84 Å². The van der Waals surface area contributed by atoms with Crippen LogP contribution in [0.3, 0.4) is 0 Å². The van der Waals surface area contributed by atoms with Gasteiger partial charge in [0.2, 0.25) is 0 Å². The van der Waals surface area contributed by atoms with E-state index in [1.165, 1.54) is 56.3 Å². The van der Waals surface area contributed by atoms with Crippen molar-refractivity contribution in [3.63, 3.8) is 0 Å². The number of amides is 1. The van der Waals surface area contributed by atoms with Crippen molar-refractivity contribution in [3.8, 4) is 0 Å². The number of nitrogens with one attached hydrogen (secondary N) is 1. The number of hydrogen-bond acceptors (Lipinski definition) is 4. The molecule has 0 spiro atoms. The number of carboxylic acids is 1. The third kappa shape index (κ3) is 10.7. The molecule has 2 N–H and O–H groups in total.